The summed E-state index contributed by atoms with van der Waals surface area (Å²) in [4.78, 5) is 23.5. The first kappa shape index (κ1) is 21.7. The zero-order chi connectivity index (χ0) is 24.3. The van der Waals surface area contributed by atoms with Crippen molar-refractivity contribution in [3.63, 3.8) is 0 Å². The van der Waals surface area contributed by atoms with Crippen molar-refractivity contribution in [1.29, 1.82) is 0 Å². The number of para-hydroxylation sites is 1. The van der Waals surface area contributed by atoms with Crippen LogP contribution in [-0.4, -0.2) is 25.7 Å². The third kappa shape index (κ3) is 3.65. The summed E-state index contributed by atoms with van der Waals surface area (Å²) in [6.45, 7) is 6.03. The maximum Gasteiger partial charge on any atom is 0.257 e. The van der Waals surface area contributed by atoms with Crippen LogP contribution in [0.3, 0.4) is 0 Å². The molecule has 0 radical (unpaired) electrons. The van der Waals surface area contributed by atoms with E-state index in [-0.39, 0.29) is 5.91 Å². The molecule has 6 rings (SSSR count). The van der Waals surface area contributed by atoms with E-state index >= 15 is 0 Å². The first-order chi connectivity index (χ1) is 16.9. The molecule has 1 N–H and O–H groups in total. The van der Waals surface area contributed by atoms with Gasteiger partial charge in [0.25, 0.3) is 5.91 Å². The van der Waals surface area contributed by atoms with Crippen molar-refractivity contribution in [2.24, 2.45) is 0 Å². The fourth-order valence-electron chi connectivity index (χ4n) is 5.09. The molecule has 2 aromatic carbocycles. The lowest BCUT2D eigenvalue weighted by Gasteiger charge is -2.14. The zero-order valence-corrected chi connectivity index (χ0v) is 20.6. The lowest BCUT2D eigenvalue weighted by Crippen LogP contribution is -2.18. The molecule has 0 saturated carbocycles. The van der Waals surface area contributed by atoms with Gasteiger partial charge in [0.15, 0.2) is 5.82 Å². The number of aromatic nitrogens is 4. The van der Waals surface area contributed by atoms with Crippen LogP contribution in [0.4, 0.5) is 5.82 Å². The quantitative estimate of drug-likeness (QED) is 0.328. The molecule has 0 bridgehead atoms. The molecule has 174 valence electrons. The van der Waals surface area contributed by atoms with Gasteiger partial charge < -0.3 is 5.32 Å². The maximum absolute atomic E-state index is 13.8. The minimum Gasteiger partial charge on any atom is -0.306 e. The van der Waals surface area contributed by atoms with Crippen molar-refractivity contribution < 1.29 is 4.79 Å². The number of benzene rings is 2. The van der Waals surface area contributed by atoms with Crippen LogP contribution in [0.5, 0.6) is 0 Å². The minimum atomic E-state index is -0.187. The van der Waals surface area contributed by atoms with Crippen LogP contribution >= 0.6 is 11.6 Å². The van der Waals surface area contributed by atoms with Gasteiger partial charge >= 0.3 is 0 Å². The van der Waals surface area contributed by atoms with E-state index in [1.807, 2.05) is 43.3 Å². The van der Waals surface area contributed by atoms with E-state index in [9.17, 15) is 4.79 Å². The molecule has 0 unspecified atom stereocenters. The van der Waals surface area contributed by atoms with E-state index in [0.717, 1.165) is 69.1 Å². The topological polar surface area (TPSA) is 72.7 Å². The first-order valence-electron chi connectivity index (χ1n) is 11.8. The Labute approximate surface area is 208 Å². The number of anilines is 1. The Bertz CT molecular complexity index is 1670. The predicted molar refractivity (Wildman–Crippen MR) is 140 cm³/mol. The number of carbonyl (C=O) groups is 1. The second-order valence-corrected chi connectivity index (χ2v) is 9.67. The average molecular weight is 482 g/mol. The highest BCUT2D eigenvalue weighted by Gasteiger charge is 2.25. The number of hydrogen-bond donors (Lipinski definition) is 1. The first-order valence-corrected chi connectivity index (χ1v) is 12.1. The van der Waals surface area contributed by atoms with Crippen molar-refractivity contribution >= 4 is 45.1 Å². The van der Waals surface area contributed by atoms with Gasteiger partial charge in [-0.25, -0.2) is 4.98 Å². The third-order valence-electron chi connectivity index (χ3n) is 6.73. The summed E-state index contributed by atoms with van der Waals surface area (Å²) in [5, 5.41) is 10.2. The summed E-state index contributed by atoms with van der Waals surface area (Å²) in [5.41, 5.74) is 7.36. The van der Waals surface area contributed by atoms with E-state index in [1.165, 1.54) is 0 Å². The number of nitrogens with one attached hydrogen (secondary N) is 1. The normalized spacial score (nSPS) is 12.9. The molecule has 0 fully saturated rings. The van der Waals surface area contributed by atoms with Crippen LogP contribution in [0.1, 0.15) is 44.9 Å². The SMILES string of the molecule is Cc1cc(NC(=O)c2c3c(nc4ccc(Cl)cc24)CCC3)n(-c2cc(C)c3cccc(C)c3n2)n1. The van der Waals surface area contributed by atoms with Gasteiger partial charge in [-0.05, 0) is 81.0 Å². The Morgan fingerprint density at radius 3 is 2.69 bits per heavy atom. The second kappa shape index (κ2) is 8.17. The highest BCUT2D eigenvalue weighted by molar-refractivity contribution is 6.31. The van der Waals surface area contributed by atoms with Crippen LogP contribution in [0.15, 0.2) is 48.5 Å². The molecule has 3 aromatic heterocycles. The number of nitrogens with zero attached hydrogens (tertiary/aromatic N) is 4. The molecular formula is C28H24ClN5O. The van der Waals surface area contributed by atoms with Gasteiger partial charge in [-0.3, -0.25) is 9.78 Å². The Morgan fingerprint density at radius 1 is 0.971 bits per heavy atom. The molecule has 1 aliphatic rings. The van der Waals surface area contributed by atoms with Crippen LogP contribution < -0.4 is 5.32 Å². The molecule has 3 heterocycles. The van der Waals surface area contributed by atoms with Crippen molar-refractivity contribution in [2.45, 2.75) is 40.0 Å². The van der Waals surface area contributed by atoms with E-state index in [0.29, 0.717) is 22.2 Å². The van der Waals surface area contributed by atoms with Crippen molar-refractivity contribution in [3.8, 4) is 5.82 Å². The number of aryl methyl sites for hydroxylation is 4. The number of rotatable bonds is 3. The molecule has 7 heteroatoms. The Hall–Kier alpha value is -3.77. The van der Waals surface area contributed by atoms with Gasteiger partial charge in [0, 0.05) is 27.6 Å². The fourth-order valence-corrected chi connectivity index (χ4v) is 5.26. The maximum atomic E-state index is 13.8. The van der Waals surface area contributed by atoms with Gasteiger partial charge in [0.05, 0.1) is 22.3 Å². The summed E-state index contributed by atoms with van der Waals surface area (Å²) in [6, 6.07) is 15.6. The van der Waals surface area contributed by atoms with Crippen LogP contribution in [-0.2, 0) is 12.8 Å². The van der Waals surface area contributed by atoms with Crippen LogP contribution in [0, 0.1) is 20.8 Å². The van der Waals surface area contributed by atoms with Crippen molar-refractivity contribution in [3.05, 3.63) is 87.2 Å². The van der Waals surface area contributed by atoms with Gasteiger partial charge in [-0.1, -0.05) is 29.8 Å². The summed E-state index contributed by atoms with van der Waals surface area (Å²) >= 11 is 6.31. The van der Waals surface area contributed by atoms with E-state index in [1.54, 1.807) is 4.68 Å². The molecule has 0 saturated heterocycles. The molecular weight excluding hydrogens is 458 g/mol. The van der Waals surface area contributed by atoms with Crippen LogP contribution in [0.25, 0.3) is 27.6 Å². The number of fused-ring (bicyclic) bond motifs is 3. The monoisotopic (exact) mass is 481 g/mol. The summed E-state index contributed by atoms with van der Waals surface area (Å²) in [6.07, 6.45) is 2.70. The smallest absolute Gasteiger partial charge is 0.257 e. The Balaban J connectivity index is 1.47. The standard InChI is InChI=1S/C28H24ClN5O/c1-15-6-4-7-19-16(2)12-24(31-27(15)19)34-25(13-17(3)33-34)32-28(35)26-20-8-5-9-22(20)30-23-11-10-18(29)14-21(23)26/h4,6-7,10-14H,5,8-9H2,1-3H3,(H,32,35). The highest BCUT2D eigenvalue weighted by atomic mass is 35.5. The third-order valence-corrected chi connectivity index (χ3v) is 6.96. The van der Waals surface area contributed by atoms with Crippen molar-refractivity contribution in [2.75, 3.05) is 5.32 Å². The van der Waals surface area contributed by atoms with E-state index in [2.05, 4.69) is 36.4 Å². The molecule has 0 atom stereocenters. The molecule has 1 amide bonds. The Morgan fingerprint density at radius 2 is 1.83 bits per heavy atom. The Kier molecular flexibility index (Phi) is 5.07. The summed E-state index contributed by atoms with van der Waals surface area (Å²) in [5.74, 6) is 1.05. The second-order valence-electron chi connectivity index (χ2n) is 9.23. The minimum absolute atomic E-state index is 0.187. The van der Waals surface area contributed by atoms with Gasteiger partial charge in [0.2, 0.25) is 0 Å². The number of hydrogen-bond acceptors (Lipinski definition) is 4. The molecule has 0 aliphatic heterocycles. The fraction of sp³-hybridized carbons (Fsp3) is 0.214. The van der Waals surface area contributed by atoms with E-state index < -0.39 is 0 Å². The molecule has 35 heavy (non-hydrogen) atoms. The average Bonchev–Trinajstić information content (AvgIpc) is 3.44. The summed E-state index contributed by atoms with van der Waals surface area (Å²) < 4.78 is 1.71. The van der Waals surface area contributed by atoms with Gasteiger partial charge in [0.1, 0.15) is 5.82 Å². The van der Waals surface area contributed by atoms with Crippen molar-refractivity contribution in [1.82, 2.24) is 19.7 Å². The zero-order valence-electron chi connectivity index (χ0n) is 19.8. The van der Waals surface area contributed by atoms with Crippen LogP contribution in [0.2, 0.25) is 5.02 Å². The number of halogens is 1. The largest absolute Gasteiger partial charge is 0.306 e. The molecule has 1 aliphatic carbocycles. The lowest BCUT2D eigenvalue weighted by molar-refractivity contribution is 0.102. The van der Waals surface area contributed by atoms with Gasteiger partial charge in [-0.2, -0.15) is 9.78 Å². The lowest BCUT2D eigenvalue weighted by atomic mass is 10.0. The highest BCUT2D eigenvalue weighted by Crippen LogP contribution is 2.32. The molecule has 0 spiro atoms. The summed E-state index contributed by atoms with van der Waals surface area (Å²) in [7, 11) is 0. The van der Waals surface area contributed by atoms with E-state index in [4.69, 9.17) is 21.6 Å². The number of carbonyl (C=O) groups excluding carboxylic acids is 1. The number of pyridine rings is 2. The molecule has 5 aromatic rings. The number of amides is 1. The van der Waals surface area contributed by atoms with Gasteiger partial charge in [-0.15, -0.1) is 0 Å². The predicted octanol–water partition coefficient (Wildman–Crippen LogP) is 6.29. The molecule has 6 nitrogen and oxygen atoms in total.